The molecule has 0 aliphatic rings. The summed E-state index contributed by atoms with van der Waals surface area (Å²) in [4.78, 5) is 8.83. The van der Waals surface area contributed by atoms with Crippen molar-refractivity contribution < 1.29 is 0 Å². The highest BCUT2D eigenvalue weighted by Gasteiger charge is 2.10. The lowest BCUT2D eigenvalue weighted by molar-refractivity contribution is 0.485. The van der Waals surface area contributed by atoms with Crippen LogP contribution >= 0.6 is 15.9 Å². The van der Waals surface area contributed by atoms with E-state index in [-0.39, 0.29) is 0 Å². The number of nitrogens with one attached hydrogen (secondary N) is 1. The molecule has 106 valence electrons. The van der Waals surface area contributed by atoms with Crippen molar-refractivity contribution >= 4 is 15.9 Å². The predicted molar refractivity (Wildman–Crippen MR) is 85.7 cm³/mol. The third kappa shape index (κ3) is 5.02. The number of rotatable bonds is 7. The van der Waals surface area contributed by atoms with Gasteiger partial charge in [-0.1, -0.05) is 13.0 Å². The van der Waals surface area contributed by atoms with Gasteiger partial charge in [-0.3, -0.25) is 9.97 Å². The van der Waals surface area contributed by atoms with Crippen molar-refractivity contribution in [1.29, 1.82) is 0 Å². The SMILES string of the molecule is CCNC(CCc1ccccn1)Cc1ccc(Br)cn1. The molecule has 0 radical (unpaired) electrons. The monoisotopic (exact) mass is 333 g/mol. The lowest BCUT2D eigenvalue weighted by Crippen LogP contribution is -2.31. The average molecular weight is 334 g/mol. The summed E-state index contributed by atoms with van der Waals surface area (Å²) in [5.41, 5.74) is 2.28. The van der Waals surface area contributed by atoms with E-state index in [9.17, 15) is 0 Å². The Morgan fingerprint density at radius 1 is 1.15 bits per heavy atom. The maximum Gasteiger partial charge on any atom is 0.0419 e. The molecular weight excluding hydrogens is 314 g/mol. The van der Waals surface area contributed by atoms with E-state index in [2.05, 4.69) is 50.3 Å². The van der Waals surface area contributed by atoms with E-state index < -0.39 is 0 Å². The minimum absolute atomic E-state index is 0.440. The van der Waals surface area contributed by atoms with Gasteiger partial charge in [0.2, 0.25) is 0 Å². The quantitative estimate of drug-likeness (QED) is 0.843. The Morgan fingerprint density at radius 2 is 2.05 bits per heavy atom. The molecule has 20 heavy (non-hydrogen) atoms. The van der Waals surface area contributed by atoms with Crippen LogP contribution in [0.2, 0.25) is 0 Å². The molecule has 0 spiro atoms. The second-order valence-electron chi connectivity index (χ2n) is 4.79. The van der Waals surface area contributed by atoms with Gasteiger partial charge in [0.05, 0.1) is 0 Å². The van der Waals surface area contributed by atoms with Gasteiger partial charge in [0, 0.05) is 40.7 Å². The first-order chi connectivity index (χ1) is 9.78. The van der Waals surface area contributed by atoms with Gasteiger partial charge in [-0.25, -0.2) is 0 Å². The molecule has 4 heteroatoms. The van der Waals surface area contributed by atoms with Crippen LogP contribution in [0.3, 0.4) is 0 Å². The van der Waals surface area contributed by atoms with Crippen LogP contribution < -0.4 is 5.32 Å². The summed E-state index contributed by atoms with van der Waals surface area (Å²) in [6.07, 6.45) is 6.73. The Balaban J connectivity index is 1.91. The van der Waals surface area contributed by atoms with Gasteiger partial charge in [-0.15, -0.1) is 0 Å². The molecule has 0 saturated carbocycles. The summed E-state index contributed by atoms with van der Waals surface area (Å²) >= 11 is 3.42. The largest absolute Gasteiger partial charge is 0.314 e. The Labute approximate surface area is 129 Å². The molecule has 0 fully saturated rings. The summed E-state index contributed by atoms with van der Waals surface area (Å²) in [6, 6.07) is 10.6. The maximum absolute atomic E-state index is 4.45. The summed E-state index contributed by atoms with van der Waals surface area (Å²) < 4.78 is 1.02. The Bertz CT molecular complexity index is 499. The fourth-order valence-corrected chi connectivity index (χ4v) is 2.45. The molecule has 0 aliphatic heterocycles. The minimum atomic E-state index is 0.440. The van der Waals surface area contributed by atoms with E-state index in [0.717, 1.165) is 41.7 Å². The van der Waals surface area contributed by atoms with Crippen LogP contribution in [0, 0.1) is 0 Å². The first kappa shape index (κ1) is 15.1. The summed E-state index contributed by atoms with van der Waals surface area (Å²) in [5.74, 6) is 0. The van der Waals surface area contributed by atoms with Crippen LogP contribution in [0.25, 0.3) is 0 Å². The maximum atomic E-state index is 4.45. The van der Waals surface area contributed by atoms with Crippen LogP contribution in [0.4, 0.5) is 0 Å². The molecule has 0 aliphatic carbocycles. The van der Waals surface area contributed by atoms with E-state index in [0.29, 0.717) is 6.04 Å². The second kappa shape index (κ2) is 8.12. The highest BCUT2D eigenvalue weighted by Crippen LogP contribution is 2.11. The topological polar surface area (TPSA) is 37.8 Å². The van der Waals surface area contributed by atoms with E-state index in [1.54, 1.807) is 0 Å². The molecule has 0 saturated heterocycles. The second-order valence-corrected chi connectivity index (χ2v) is 5.70. The Hall–Kier alpha value is -1.26. The molecule has 1 unspecified atom stereocenters. The number of aryl methyl sites for hydroxylation is 1. The third-order valence-electron chi connectivity index (χ3n) is 3.21. The Morgan fingerprint density at radius 3 is 2.70 bits per heavy atom. The van der Waals surface area contributed by atoms with Crippen molar-refractivity contribution in [3.8, 4) is 0 Å². The van der Waals surface area contributed by atoms with Gasteiger partial charge in [-0.05, 0) is 59.6 Å². The smallest absolute Gasteiger partial charge is 0.0419 e. The first-order valence-corrected chi connectivity index (χ1v) is 7.81. The summed E-state index contributed by atoms with van der Waals surface area (Å²) in [5, 5.41) is 3.54. The zero-order valence-electron chi connectivity index (χ0n) is 11.7. The highest BCUT2D eigenvalue weighted by molar-refractivity contribution is 9.10. The van der Waals surface area contributed by atoms with Gasteiger partial charge in [0.1, 0.15) is 0 Å². The molecule has 2 rings (SSSR count). The van der Waals surface area contributed by atoms with Crippen LogP contribution in [0.15, 0.2) is 47.2 Å². The number of hydrogen-bond acceptors (Lipinski definition) is 3. The number of likely N-dealkylation sites (N-methyl/N-ethyl adjacent to an activating group) is 1. The van der Waals surface area contributed by atoms with E-state index >= 15 is 0 Å². The normalized spacial score (nSPS) is 12.3. The lowest BCUT2D eigenvalue weighted by atomic mass is 10.0. The van der Waals surface area contributed by atoms with E-state index in [4.69, 9.17) is 0 Å². The standard InChI is InChI=1S/C16H20BrN3/c1-2-18-15(9-8-14-5-3-4-10-19-14)11-16-7-6-13(17)12-20-16/h3-7,10,12,15,18H,2,8-9,11H2,1H3. The van der Waals surface area contributed by atoms with Crippen molar-refractivity contribution in [1.82, 2.24) is 15.3 Å². The fourth-order valence-electron chi connectivity index (χ4n) is 2.21. The molecule has 3 nitrogen and oxygen atoms in total. The van der Waals surface area contributed by atoms with Gasteiger partial charge >= 0.3 is 0 Å². The molecular formula is C16H20BrN3. The lowest BCUT2D eigenvalue weighted by Gasteiger charge is -2.17. The first-order valence-electron chi connectivity index (χ1n) is 7.01. The van der Waals surface area contributed by atoms with E-state index in [1.807, 2.05) is 30.6 Å². The number of aromatic nitrogens is 2. The summed E-state index contributed by atoms with van der Waals surface area (Å²) in [7, 11) is 0. The number of hydrogen-bond donors (Lipinski definition) is 1. The Kier molecular flexibility index (Phi) is 6.15. The van der Waals surface area contributed by atoms with Crippen molar-refractivity contribution in [2.45, 2.75) is 32.2 Å². The summed E-state index contributed by atoms with van der Waals surface area (Å²) in [6.45, 7) is 3.12. The zero-order chi connectivity index (χ0) is 14.2. The molecule has 1 N–H and O–H groups in total. The van der Waals surface area contributed by atoms with Crippen molar-refractivity contribution in [3.63, 3.8) is 0 Å². The van der Waals surface area contributed by atoms with Crippen molar-refractivity contribution in [3.05, 3.63) is 58.6 Å². The predicted octanol–water partition coefficient (Wildman–Crippen LogP) is 3.39. The number of nitrogens with zero attached hydrogens (tertiary/aromatic N) is 2. The molecule has 2 aromatic rings. The number of halogens is 1. The van der Waals surface area contributed by atoms with Gasteiger partial charge in [0.25, 0.3) is 0 Å². The molecule has 2 heterocycles. The molecule has 2 aromatic heterocycles. The zero-order valence-corrected chi connectivity index (χ0v) is 13.3. The van der Waals surface area contributed by atoms with Gasteiger partial charge in [-0.2, -0.15) is 0 Å². The highest BCUT2D eigenvalue weighted by atomic mass is 79.9. The van der Waals surface area contributed by atoms with Crippen LogP contribution in [-0.4, -0.2) is 22.6 Å². The molecule has 0 bridgehead atoms. The minimum Gasteiger partial charge on any atom is -0.314 e. The van der Waals surface area contributed by atoms with Crippen LogP contribution in [0.5, 0.6) is 0 Å². The molecule has 1 atom stereocenters. The van der Waals surface area contributed by atoms with Crippen molar-refractivity contribution in [2.75, 3.05) is 6.54 Å². The van der Waals surface area contributed by atoms with Crippen LogP contribution in [0.1, 0.15) is 24.7 Å². The average Bonchev–Trinajstić information content (AvgIpc) is 2.48. The van der Waals surface area contributed by atoms with Crippen LogP contribution in [-0.2, 0) is 12.8 Å². The van der Waals surface area contributed by atoms with Crippen molar-refractivity contribution in [2.24, 2.45) is 0 Å². The van der Waals surface area contributed by atoms with Gasteiger partial charge < -0.3 is 5.32 Å². The fraction of sp³-hybridized carbons (Fsp3) is 0.375. The van der Waals surface area contributed by atoms with Gasteiger partial charge in [0.15, 0.2) is 0 Å². The molecule has 0 amide bonds. The van der Waals surface area contributed by atoms with E-state index in [1.165, 1.54) is 0 Å². The molecule has 0 aromatic carbocycles. The number of pyridine rings is 2. The third-order valence-corrected chi connectivity index (χ3v) is 3.68.